The minimum absolute atomic E-state index is 0.115. The molecule has 6 nitrogen and oxygen atoms in total. The topological polar surface area (TPSA) is 56.6 Å². The summed E-state index contributed by atoms with van der Waals surface area (Å²) in [7, 11) is 2.12. The van der Waals surface area contributed by atoms with Crippen LogP contribution in [0.25, 0.3) is 0 Å². The Morgan fingerprint density at radius 1 is 1.21 bits per heavy atom. The number of ether oxygens (including phenoxy) is 2. The summed E-state index contributed by atoms with van der Waals surface area (Å²) in [5.74, 6) is 2.86. The number of carbonyl (C=O) groups excluding carboxylic acids is 1. The van der Waals surface area contributed by atoms with Crippen LogP contribution in [0.3, 0.4) is 0 Å². The number of nitrogens with zero attached hydrogens (tertiary/aromatic N) is 3. The third-order valence-electron chi connectivity index (χ3n) is 6.37. The molecule has 1 unspecified atom stereocenters. The second-order valence-corrected chi connectivity index (χ2v) is 8.03. The van der Waals surface area contributed by atoms with Crippen LogP contribution in [0.1, 0.15) is 60.9 Å². The van der Waals surface area contributed by atoms with Crippen LogP contribution in [0.5, 0.6) is 11.5 Å². The van der Waals surface area contributed by atoms with Crippen LogP contribution in [0.15, 0.2) is 18.2 Å². The summed E-state index contributed by atoms with van der Waals surface area (Å²) in [6.45, 7) is 1.09. The van der Waals surface area contributed by atoms with Crippen LogP contribution in [0, 0.1) is 0 Å². The molecule has 1 saturated heterocycles. The van der Waals surface area contributed by atoms with E-state index in [4.69, 9.17) is 14.5 Å². The average Bonchev–Trinajstić information content (AvgIpc) is 3.45. The van der Waals surface area contributed by atoms with Gasteiger partial charge in [0.15, 0.2) is 11.5 Å². The van der Waals surface area contributed by atoms with E-state index in [1.807, 2.05) is 23.1 Å². The maximum atomic E-state index is 13.1. The lowest BCUT2D eigenvalue weighted by atomic mass is 10.0. The molecule has 3 heterocycles. The Bertz CT molecular complexity index is 905. The molecule has 0 saturated carbocycles. The second-order valence-electron chi connectivity index (χ2n) is 8.03. The van der Waals surface area contributed by atoms with Crippen molar-refractivity contribution in [3.8, 4) is 11.5 Å². The van der Waals surface area contributed by atoms with Crippen molar-refractivity contribution in [3.05, 3.63) is 41.0 Å². The monoisotopic (exact) mass is 381 g/mol. The van der Waals surface area contributed by atoms with Crippen molar-refractivity contribution in [3.63, 3.8) is 0 Å². The summed E-state index contributed by atoms with van der Waals surface area (Å²) in [6.07, 6.45) is 7.87. The summed E-state index contributed by atoms with van der Waals surface area (Å²) in [6, 6.07) is 6.01. The lowest BCUT2D eigenvalue weighted by Gasteiger charge is -2.25. The molecule has 0 N–H and O–H groups in total. The van der Waals surface area contributed by atoms with Gasteiger partial charge in [0.1, 0.15) is 5.82 Å². The zero-order valence-corrected chi connectivity index (χ0v) is 16.4. The number of carbonyl (C=O) groups is 1. The van der Waals surface area contributed by atoms with Gasteiger partial charge in [-0.2, -0.15) is 0 Å². The molecule has 0 radical (unpaired) electrons. The molecule has 1 atom stereocenters. The minimum Gasteiger partial charge on any atom is -0.454 e. The Morgan fingerprint density at radius 2 is 2.11 bits per heavy atom. The first-order valence-corrected chi connectivity index (χ1v) is 10.4. The van der Waals surface area contributed by atoms with Gasteiger partial charge >= 0.3 is 0 Å². The molecule has 1 aromatic heterocycles. The van der Waals surface area contributed by atoms with Crippen LogP contribution < -0.4 is 9.47 Å². The molecule has 1 aliphatic carbocycles. The van der Waals surface area contributed by atoms with Crippen LogP contribution >= 0.6 is 0 Å². The molecule has 0 spiro atoms. The molecule has 0 bridgehead atoms. The highest BCUT2D eigenvalue weighted by Gasteiger charge is 2.34. The van der Waals surface area contributed by atoms with Gasteiger partial charge < -0.3 is 18.9 Å². The van der Waals surface area contributed by atoms with E-state index in [0.29, 0.717) is 12.8 Å². The highest BCUT2D eigenvalue weighted by molar-refractivity contribution is 5.77. The predicted octanol–water partition coefficient (Wildman–Crippen LogP) is 3.32. The van der Waals surface area contributed by atoms with Crippen molar-refractivity contribution in [2.45, 2.75) is 57.4 Å². The first kappa shape index (κ1) is 17.6. The van der Waals surface area contributed by atoms with Crippen molar-refractivity contribution in [2.75, 3.05) is 13.3 Å². The van der Waals surface area contributed by atoms with E-state index in [9.17, 15) is 4.79 Å². The lowest BCUT2D eigenvalue weighted by molar-refractivity contribution is -0.132. The van der Waals surface area contributed by atoms with Crippen LogP contribution in [0.2, 0.25) is 0 Å². The van der Waals surface area contributed by atoms with E-state index in [2.05, 4.69) is 11.6 Å². The molecular formula is C22H27N3O3. The van der Waals surface area contributed by atoms with Crippen LogP contribution in [0.4, 0.5) is 0 Å². The third-order valence-corrected chi connectivity index (χ3v) is 6.37. The predicted molar refractivity (Wildman–Crippen MR) is 104 cm³/mol. The summed E-state index contributed by atoms with van der Waals surface area (Å²) in [4.78, 5) is 20.1. The molecule has 28 heavy (non-hydrogen) atoms. The number of hydrogen-bond donors (Lipinski definition) is 0. The number of aryl methyl sites for hydroxylation is 2. The Labute approximate surface area is 165 Å². The van der Waals surface area contributed by atoms with Gasteiger partial charge in [-0.1, -0.05) is 12.1 Å². The van der Waals surface area contributed by atoms with E-state index in [-0.39, 0.29) is 18.7 Å². The smallest absolute Gasteiger partial charge is 0.231 e. The lowest BCUT2D eigenvalue weighted by Crippen LogP contribution is -2.32. The van der Waals surface area contributed by atoms with Crippen molar-refractivity contribution >= 4 is 5.91 Å². The zero-order valence-electron chi connectivity index (χ0n) is 16.4. The number of hydrogen-bond acceptors (Lipinski definition) is 4. The summed E-state index contributed by atoms with van der Waals surface area (Å²) in [5, 5.41) is 0. The Morgan fingerprint density at radius 3 is 3.00 bits per heavy atom. The molecule has 148 valence electrons. The molecule has 5 rings (SSSR count). The van der Waals surface area contributed by atoms with Crippen LogP contribution in [-0.2, 0) is 31.1 Å². The number of amides is 1. The summed E-state index contributed by atoms with van der Waals surface area (Å²) >= 11 is 0. The highest BCUT2D eigenvalue weighted by atomic mass is 16.7. The molecule has 3 aliphatic rings. The first-order chi connectivity index (χ1) is 13.7. The van der Waals surface area contributed by atoms with Gasteiger partial charge in [-0.15, -0.1) is 0 Å². The van der Waals surface area contributed by atoms with E-state index in [1.54, 1.807) is 0 Å². The molecule has 1 aromatic carbocycles. The minimum atomic E-state index is 0.115. The van der Waals surface area contributed by atoms with Gasteiger partial charge in [-0.3, -0.25) is 4.79 Å². The fraction of sp³-hybridized carbons (Fsp3) is 0.545. The molecule has 2 aliphatic heterocycles. The first-order valence-electron chi connectivity index (χ1n) is 10.4. The van der Waals surface area contributed by atoms with Gasteiger partial charge in [0, 0.05) is 25.7 Å². The average molecular weight is 381 g/mol. The molecule has 6 heteroatoms. The number of para-hydroxylation sites is 1. The Kier molecular flexibility index (Phi) is 4.49. The van der Waals surface area contributed by atoms with Gasteiger partial charge in [0.05, 0.1) is 11.7 Å². The largest absolute Gasteiger partial charge is 0.454 e. The molecule has 1 amide bonds. The van der Waals surface area contributed by atoms with Crippen LogP contribution in [-0.4, -0.2) is 33.7 Å². The molecule has 2 aromatic rings. The van der Waals surface area contributed by atoms with E-state index in [1.165, 1.54) is 24.2 Å². The summed E-state index contributed by atoms with van der Waals surface area (Å²) < 4.78 is 13.3. The van der Waals surface area contributed by atoms with Crippen molar-refractivity contribution < 1.29 is 14.3 Å². The number of likely N-dealkylation sites (tertiary alicyclic amines) is 1. The number of imidazole rings is 1. The SMILES string of the molecule is Cn1c(C2CCCN2C(=O)CCc2cccc3c2OCO3)nc2c1CCCC2. The normalized spacial score (nSPS) is 20.5. The number of aromatic nitrogens is 2. The fourth-order valence-corrected chi connectivity index (χ4v) is 4.91. The quantitative estimate of drug-likeness (QED) is 0.815. The van der Waals surface area contributed by atoms with E-state index >= 15 is 0 Å². The van der Waals surface area contributed by atoms with Crippen molar-refractivity contribution in [1.82, 2.24) is 14.5 Å². The Hall–Kier alpha value is -2.50. The fourth-order valence-electron chi connectivity index (χ4n) is 4.91. The highest BCUT2D eigenvalue weighted by Crippen LogP contribution is 2.37. The van der Waals surface area contributed by atoms with Gasteiger partial charge in [0.2, 0.25) is 12.7 Å². The summed E-state index contributed by atoms with van der Waals surface area (Å²) in [5.41, 5.74) is 3.67. The second kappa shape index (κ2) is 7.15. The zero-order chi connectivity index (χ0) is 19.1. The maximum absolute atomic E-state index is 13.1. The molecule has 1 fully saturated rings. The van der Waals surface area contributed by atoms with Gasteiger partial charge in [-0.25, -0.2) is 4.98 Å². The third kappa shape index (κ3) is 2.95. The Balaban J connectivity index is 1.31. The van der Waals surface area contributed by atoms with E-state index in [0.717, 1.165) is 55.1 Å². The maximum Gasteiger partial charge on any atom is 0.231 e. The standard InChI is InChI=1S/C22H27N3O3/c1-24-17-8-3-2-7-16(17)23-22(24)18-9-5-13-25(18)20(26)12-11-15-6-4-10-19-21(15)28-14-27-19/h4,6,10,18H,2-3,5,7-9,11-14H2,1H3. The number of rotatable bonds is 4. The molecular weight excluding hydrogens is 354 g/mol. The number of benzene rings is 1. The number of fused-ring (bicyclic) bond motifs is 2. The van der Waals surface area contributed by atoms with Gasteiger partial charge in [-0.05, 0) is 56.6 Å². The van der Waals surface area contributed by atoms with Crippen molar-refractivity contribution in [1.29, 1.82) is 0 Å². The van der Waals surface area contributed by atoms with E-state index < -0.39 is 0 Å². The van der Waals surface area contributed by atoms with Gasteiger partial charge in [0.25, 0.3) is 0 Å². The van der Waals surface area contributed by atoms with Crippen molar-refractivity contribution in [2.24, 2.45) is 7.05 Å².